The lowest BCUT2D eigenvalue weighted by atomic mass is 10.0. The predicted octanol–water partition coefficient (Wildman–Crippen LogP) is 2.87. The highest BCUT2D eigenvalue weighted by Gasteiger charge is 2.26. The van der Waals surface area contributed by atoms with Gasteiger partial charge < -0.3 is 20.2 Å². The fourth-order valence-electron chi connectivity index (χ4n) is 2.20. The molecule has 0 bridgehead atoms. The average molecular weight is 472 g/mol. The highest BCUT2D eigenvalue weighted by atomic mass is 127. The van der Waals surface area contributed by atoms with Gasteiger partial charge in [0.15, 0.2) is 5.96 Å². The summed E-state index contributed by atoms with van der Waals surface area (Å²) >= 11 is 0. The zero-order valence-corrected chi connectivity index (χ0v) is 17.0. The molecule has 0 amide bonds. The monoisotopic (exact) mass is 472 g/mol. The van der Waals surface area contributed by atoms with Crippen LogP contribution < -0.4 is 10.6 Å². The van der Waals surface area contributed by atoms with Crippen LogP contribution in [0.1, 0.15) is 30.7 Å². The molecule has 0 saturated heterocycles. The molecule has 1 aromatic heterocycles. The van der Waals surface area contributed by atoms with E-state index in [9.17, 15) is 9.50 Å². The van der Waals surface area contributed by atoms with Crippen molar-refractivity contribution in [3.8, 4) is 6.07 Å². The molecular weight excluding hydrogens is 450 g/mol. The van der Waals surface area contributed by atoms with Crippen LogP contribution in [0.5, 0.6) is 0 Å². The molecular formula is C18H22FIN4O2. The number of rotatable bonds is 6. The molecule has 8 heteroatoms. The van der Waals surface area contributed by atoms with Crippen LogP contribution in [0.4, 0.5) is 4.39 Å². The molecule has 140 valence electrons. The summed E-state index contributed by atoms with van der Waals surface area (Å²) in [5, 5.41) is 25.4. The molecule has 0 fully saturated rings. The Labute approximate surface area is 169 Å². The van der Waals surface area contributed by atoms with Crippen molar-refractivity contribution in [2.45, 2.75) is 26.0 Å². The minimum atomic E-state index is -1.22. The van der Waals surface area contributed by atoms with E-state index in [-0.39, 0.29) is 37.1 Å². The molecule has 0 aliphatic rings. The van der Waals surface area contributed by atoms with Crippen LogP contribution >= 0.6 is 24.0 Å². The summed E-state index contributed by atoms with van der Waals surface area (Å²) in [7, 11) is 0. The van der Waals surface area contributed by atoms with Gasteiger partial charge in [0.2, 0.25) is 0 Å². The standard InChI is InChI=1S/C18H21FN4O2.HI/c1-3-21-17(23-12-18(2,24)16-5-4-8-25-16)22-11-14-9-13(10-20)6-7-15(14)19;/h4-9,24H,3,11-12H2,1-2H3,(H2,21,22,23);1H. The van der Waals surface area contributed by atoms with Crippen molar-refractivity contribution in [1.82, 2.24) is 10.6 Å². The van der Waals surface area contributed by atoms with Gasteiger partial charge in [0.05, 0.1) is 31.0 Å². The third-order valence-corrected chi connectivity index (χ3v) is 3.58. The number of nitrogens with one attached hydrogen (secondary N) is 2. The summed E-state index contributed by atoms with van der Waals surface area (Å²) < 4.78 is 19.1. The number of guanidine groups is 1. The largest absolute Gasteiger partial charge is 0.466 e. The van der Waals surface area contributed by atoms with Gasteiger partial charge in [-0.05, 0) is 44.2 Å². The maximum atomic E-state index is 13.8. The molecule has 26 heavy (non-hydrogen) atoms. The summed E-state index contributed by atoms with van der Waals surface area (Å²) in [6, 6.07) is 9.52. The lowest BCUT2D eigenvalue weighted by Gasteiger charge is -2.22. The Hall–Kier alpha value is -2.12. The molecule has 0 radical (unpaired) electrons. The van der Waals surface area contributed by atoms with Crippen molar-refractivity contribution in [2.24, 2.45) is 4.99 Å². The third-order valence-electron chi connectivity index (χ3n) is 3.58. The summed E-state index contributed by atoms with van der Waals surface area (Å²) in [5.74, 6) is 0.445. The SMILES string of the molecule is CCNC(=NCc1cc(C#N)ccc1F)NCC(C)(O)c1ccco1.I. The first kappa shape index (κ1) is 21.9. The molecule has 3 N–H and O–H groups in total. The summed E-state index contributed by atoms with van der Waals surface area (Å²) in [4.78, 5) is 4.31. The van der Waals surface area contributed by atoms with Gasteiger partial charge in [-0.3, -0.25) is 0 Å². The zero-order valence-electron chi connectivity index (χ0n) is 14.6. The van der Waals surface area contributed by atoms with Crippen LogP contribution in [0.15, 0.2) is 46.0 Å². The Morgan fingerprint density at radius 3 is 2.77 bits per heavy atom. The number of hydrogen-bond acceptors (Lipinski definition) is 4. The van der Waals surface area contributed by atoms with E-state index in [0.717, 1.165) is 0 Å². The fraction of sp³-hybridized carbons (Fsp3) is 0.333. The van der Waals surface area contributed by atoms with E-state index in [4.69, 9.17) is 9.68 Å². The highest BCUT2D eigenvalue weighted by molar-refractivity contribution is 14.0. The quantitative estimate of drug-likeness (QED) is 0.342. The number of benzene rings is 1. The molecule has 0 saturated carbocycles. The highest BCUT2D eigenvalue weighted by Crippen LogP contribution is 2.19. The number of aliphatic imine (C=N–C) groups is 1. The fourth-order valence-corrected chi connectivity index (χ4v) is 2.20. The van der Waals surface area contributed by atoms with Crippen LogP contribution in [-0.4, -0.2) is 24.2 Å². The normalized spacial score (nSPS) is 13.3. The van der Waals surface area contributed by atoms with Crippen LogP contribution in [0.3, 0.4) is 0 Å². The first-order chi connectivity index (χ1) is 12.0. The Bertz CT molecular complexity index is 770. The molecule has 1 unspecified atom stereocenters. The molecule has 1 aromatic carbocycles. The molecule has 2 rings (SSSR count). The zero-order chi connectivity index (χ0) is 18.3. The van der Waals surface area contributed by atoms with E-state index in [2.05, 4.69) is 15.6 Å². The van der Waals surface area contributed by atoms with Gasteiger partial charge in [0, 0.05) is 12.1 Å². The van der Waals surface area contributed by atoms with Gasteiger partial charge in [0.25, 0.3) is 0 Å². The molecule has 2 aromatic rings. The van der Waals surface area contributed by atoms with E-state index in [0.29, 0.717) is 29.4 Å². The molecule has 6 nitrogen and oxygen atoms in total. The van der Waals surface area contributed by atoms with Crippen molar-refractivity contribution in [3.05, 3.63) is 59.3 Å². The van der Waals surface area contributed by atoms with Gasteiger partial charge in [0.1, 0.15) is 17.2 Å². The van der Waals surface area contributed by atoms with Gasteiger partial charge in [-0.2, -0.15) is 5.26 Å². The number of nitrogens with zero attached hydrogens (tertiary/aromatic N) is 2. The smallest absolute Gasteiger partial charge is 0.191 e. The van der Waals surface area contributed by atoms with E-state index in [1.807, 2.05) is 13.0 Å². The topological polar surface area (TPSA) is 93.6 Å². The predicted molar refractivity (Wildman–Crippen MR) is 108 cm³/mol. The lowest BCUT2D eigenvalue weighted by molar-refractivity contribution is 0.0386. The first-order valence-corrected chi connectivity index (χ1v) is 7.93. The molecule has 0 aliphatic carbocycles. The second-order valence-electron chi connectivity index (χ2n) is 5.72. The first-order valence-electron chi connectivity index (χ1n) is 7.93. The molecule has 0 aliphatic heterocycles. The van der Waals surface area contributed by atoms with Crippen molar-refractivity contribution in [3.63, 3.8) is 0 Å². The van der Waals surface area contributed by atoms with Crippen molar-refractivity contribution in [1.29, 1.82) is 5.26 Å². The van der Waals surface area contributed by atoms with E-state index >= 15 is 0 Å². The van der Waals surface area contributed by atoms with E-state index in [1.165, 1.54) is 24.5 Å². The average Bonchev–Trinajstić information content (AvgIpc) is 3.14. The maximum absolute atomic E-state index is 13.8. The number of aliphatic hydroxyl groups is 1. The lowest BCUT2D eigenvalue weighted by Crippen LogP contribution is -2.44. The van der Waals surface area contributed by atoms with Crippen molar-refractivity contribution in [2.75, 3.05) is 13.1 Å². The molecule has 1 atom stereocenters. The second-order valence-corrected chi connectivity index (χ2v) is 5.72. The minimum absolute atomic E-state index is 0. The number of nitriles is 1. The van der Waals surface area contributed by atoms with Crippen LogP contribution in [0.2, 0.25) is 0 Å². The Morgan fingerprint density at radius 2 is 2.15 bits per heavy atom. The minimum Gasteiger partial charge on any atom is -0.466 e. The Morgan fingerprint density at radius 1 is 1.38 bits per heavy atom. The van der Waals surface area contributed by atoms with Crippen molar-refractivity contribution >= 4 is 29.9 Å². The van der Waals surface area contributed by atoms with Crippen LogP contribution in [0.25, 0.3) is 0 Å². The summed E-state index contributed by atoms with van der Waals surface area (Å²) in [6.07, 6.45) is 1.49. The number of hydrogen-bond donors (Lipinski definition) is 3. The Balaban J connectivity index is 0.00000338. The van der Waals surface area contributed by atoms with Crippen LogP contribution in [-0.2, 0) is 12.1 Å². The van der Waals surface area contributed by atoms with Gasteiger partial charge >= 0.3 is 0 Å². The second kappa shape index (κ2) is 10.1. The van der Waals surface area contributed by atoms with Gasteiger partial charge in [-0.15, -0.1) is 24.0 Å². The van der Waals surface area contributed by atoms with Gasteiger partial charge in [-0.1, -0.05) is 0 Å². The number of furan rings is 1. The maximum Gasteiger partial charge on any atom is 0.191 e. The summed E-state index contributed by atoms with van der Waals surface area (Å²) in [6.45, 7) is 4.36. The number of halogens is 2. The van der Waals surface area contributed by atoms with E-state index < -0.39 is 11.4 Å². The van der Waals surface area contributed by atoms with E-state index in [1.54, 1.807) is 19.1 Å². The van der Waals surface area contributed by atoms with Gasteiger partial charge in [-0.25, -0.2) is 9.38 Å². The van der Waals surface area contributed by atoms with Crippen molar-refractivity contribution < 1.29 is 13.9 Å². The van der Waals surface area contributed by atoms with Crippen LogP contribution in [0, 0.1) is 17.1 Å². The summed E-state index contributed by atoms with van der Waals surface area (Å²) in [5.41, 5.74) is -0.509. The molecule has 0 spiro atoms. The molecule has 1 heterocycles. The Kier molecular flexibility index (Phi) is 8.54. The third kappa shape index (κ3) is 6.00.